The Labute approximate surface area is 77.8 Å². The second-order valence-corrected chi connectivity index (χ2v) is 1.75. The van der Waals surface area contributed by atoms with E-state index in [9.17, 15) is 0 Å². The Hall–Kier alpha value is 0.644. The van der Waals surface area contributed by atoms with Crippen molar-refractivity contribution in [2.24, 2.45) is 0 Å². The van der Waals surface area contributed by atoms with Crippen molar-refractivity contribution in [3.8, 4) is 0 Å². The zero-order valence-corrected chi connectivity index (χ0v) is 7.63. The minimum atomic E-state index is 0. The average molecular weight is 200 g/mol. The summed E-state index contributed by atoms with van der Waals surface area (Å²) in [6, 6.07) is 0. The molecule has 0 heterocycles. The van der Waals surface area contributed by atoms with Gasteiger partial charge in [0.1, 0.15) is 0 Å². The van der Waals surface area contributed by atoms with Crippen LogP contribution in [0.1, 0.15) is 6.42 Å². The minimum Gasteiger partial charge on any atom is -0.333 e. The molecule has 0 aromatic heterocycles. The van der Waals surface area contributed by atoms with Crippen molar-refractivity contribution in [2.75, 3.05) is 0 Å². The van der Waals surface area contributed by atoms with E-state index >= 15 is 0 Å². The smallest absolute Gasteiger partial charge is 0.333 e. The second-order valence-electron chi connectivity index (χ2n) is 1.09. The van der Waals surface area contributed by atoms with Crippen LogP contribution < -0.4 is 0 Å². The summed E-state index contributed by atoms with van der Waals surface area (Å²) in [5.74, 6) is 0. The fraction of sp³-hybridized carbons (Fsp3) is 0.167. The molecule has 0 fully saturated rings. The first-order valence-corrected chi connectivity index (χ1v) is 3.03. The summed E-state index contributed by atoms with van der Waals surface area (Å²) in [4.78, 5) is 0. The van der Waals surface area contributed by atoms with Crippen LogP contribution in [0.4, 0.5) is 0 Å². The molecule has 1 aliphatic carbocycles. The van der Waals surface area contributed by atoms with Crippen molar-refractivity contribution in [3.05, 3.63) is 29.6 Å². The summed E-state index contributed by atoms with van der Waals surface area (Å²) in [5, 5.41) is 0.944. The van der Waals surface area contributed by atoms with Crippen molar-refractivity contribution in [2.45, 2.75) is 6.42 Å². The quantitative estimate of drug-likeness (QED) is 0.527. The van der Waals surface area contributed by atoms with E-state index in [1.165, 1.54) is 0 Å². The van der Waals surface area contributed by atoms with Crippen LogP contribution in [0.2, 0.25) is 0 Å². The van der Waals surface area contributed by atoms with Gasteiger partial charge in [0.05, 0.1) is 0 Å². The van der Waals surface area contributed by atoms with Crippen LogP contribution in [0, 0.1) is 11.4 Å². The number of halogens is 2. The summed E-state index contributed by atoms with van der Waals surface area (Å²) >= 11 is 9.28. The summed E-state index contributed by atoms with van der Waals surface area (Å²) in [7, 11) is 0. The first-order valence-electron chi connectivity index (χ1n) is 2.15. The SMILES string of the molecule is Cl[CH-]Cl.[C-]1=CC=CC1.[V+2]. The molecule has 0 spiro atoms. The molecule has 3 heteroatoms. The molecular formula is C6H6Cl2V. The molecule has 0 atom stereocenters. The van der Waals surface area contributed by atoms with Gasteiger partial charge in [0.15, 0.2) is 0 Å². The van der Waals surface area contributed by atoms with Crippen LogP contribution in [0.3, 0.4) is 0 Å². The van der Waals surface area contributed by atoms with Gasteiger partial charge in [0.25, 0.3) is 0 Å². The molecule has 1 radical (unpaired) electrons. The standard InChI is InChI=1S/C5H5.CHCl2.V/c1-2-4-5-3-1;2-1-3;/h1-3H,4H2;1H;/q2*-1;+2. The van der Waals surface area contributed by atoms with E-state index in [1.807, 2.05) is 12.2 Å². The largest absolute Gasteiger partial charge is 2.00 e. The maximum atomic E-state index is 4.64. The molecule has 0 N–H and O–H groups in total. The van der Waals surface area contributed by atoms with Gasteiger partial charge in [-0.2, -0.15) is 11.4 Å². The Morgan fingerprint density at radius 1 is 1.44 bits per heavy atom. The molecule has 1 aliphatic rings. The Morgan fingerprint density at radius 2 is 2.00 bits per heavy atom. The van der Waals surface area contributed by atoms with Gasteiger partial charge in [-0.25, -0.2) is 12.2 Å². The van der Waals surface area contributed by atoms with Crippen molar-refractivity contribution in [1.29, 1.82) is 0 Å². The predicted molar refractivity (Wildman–Crippen MR) is 37.6 cm³/mol. The Balaban J connectivity index is 0. The summed E-state index contributed by atoms with van der Waals surface area (Å²) < 4.78 is 0. The number of rotatable bonds is 0. The molecular weight excluding hydrogens is 194 g/mol. The Morgan fingerprint density at radius 3 is 2.11 bits per heavy atom. The minimum absolute atomic E-state index is 0. The van der Waals surface area contributed by atoms with Gasteiger partial charge in [0.2, 0.25) is 0 Å². The predicted octanol–water partition coefficient (Wildman–Crippen LogP) is 2.89. The molecule has 0 aromatic rings. The van der Waals surface area contributed by atoms with Crippen LogP contribution in [-0.2, 0) is 18.6 Å². The van der Waals surface area contributed by atoms with Crippen molar-refractivity contribution in [1.82, 2.24) is 0 Å². The van der Waals surface area contributed by atoms with Crippen LogP contribution in [0.25, 0.3) is 0 Å². The molecule has 0 bridgehead atoms. The van der Waals surface area contributed by atoms with Crippen molar-refractivity contribution >= 4 is 23.2 Å². The Bertz CT molecular complexity index is 79.1. The van der Waals surface area contributed by atoms with E-state index < -0.39 is 0 Å². The molecule has 0 saturated heterocycles. The van der Waals surface area contributed by atoms with Gasteiger partial charge in [0, 0.05) is 0 Å². The van der Waals surface area contributed by atoms with Crippen molar-refractivity contribution < 1.29 is 18.6 Å². The molecule has 9 heavy (non-hydrogen) atoms. The number of hydrogen-bond donors (Lipinski definition) is 0. The first-order chi connectivity index (χ1) is 3.91. The third-order valence-corrected chi connectivity index (χ3v) is 0.586. The van der Waals surface area contributed by atoms with Crippen LogP contribution in [0.5, 0.6) is 0 Å². The molecule has 0 aromatic carbocycles. The first kappa shape index (κ1) is 12.3. The number of hydrogen-bond acceptors (Lipinski definition) is 0. The normalized spacial score (nSPS) is 11.8. The van der Waals surface area contributed by atoms with Gasteiger partial charge in [-0.3, -0.25) is 6.08 Å². The second kappa shape index (κ2) is 11.4. The van der Waals surface area contributed by atoms with E-state index in [0.717, 1.165) is 11.8 Å². The van der Waals surface area contributed by atoms with E-state index in [2.05, 4.69) is 35.4 Å². The Kier molecular flexibility index (Phi) is 15.7. The van der Waals surface area contributed by atoms with Crippen molar-refractivity contribution in [3.63, 3.8) is 0 Å². The summed E-state index contributed by atoms with van der Waals surface area (Å²) in [5.41, 5.74) is 0. The molecule has 0 unspecified atom stereocenters. The fourth-order valence-electron chi connectivity index (χ4n) is 0.340. The van der Waals surface area contributed by atoms with Gasteiger partial charge in [-0.1, -0.05) is 0 Å². The zero-order valence-electron chi connectivity index (χ0n) is 4.72. The monoisotopic (exact) mass is 199 g/mol. The number of allylic oxidation sites excluding steroid dienone is 4. The van der Waals surface area contributed by atoms with E-state index in [4.69, 9.17) is 0 Å². The summed E-state index contributed by atoms with van der Waals surface area (Å²) in [6.45, 7) is 0. The van der Waals surface area contributed by atoms with E-state index in [1.54, 1.807) is 0 Å². The maximum Gasteiger partial charge on any atom is 2.00 e. The maximum absolute atomic E-state index is 4.64. The van der Waals surface area contributed by atoms with Gasteiger partial charge < -0.3 is 23.2 Å². The van der Waals surface area contributed by atoms with Crippen LogP contribution in [0.15, 0.2) is 18.2 Å². The third-order valence-electron chi connectivity index (χ3n) is 0.586. The molecule has 49 valence electrons. The van der Waals surface area contributed by atoms with Crippen LogP contribution >= 0.6 is 23.2 Å². The molecule has 0 nitrogen and oxygen atoms in total. The molecule has 0 amide bonds. The topological polar surface area (TPSA) is 0 Å². The average Bonchev–Trinajstić information content (AvgIpc) is 2.17. The zero-order chi connectivity index (χ0) is 6.24. The molecule has 0 saturated carbocycles. The van der Waals surface area contributed by atoms with E-state index in [0.29, 0.717) is 0 Å². The van der Waals surface area contributed by atoms with Crippen LogP contribution in [-0.4, -0.2) is 0 Å². The van der Waals surface area contributed by atoms with Gasteiger partial charge >= 0.3 is 18.6 Å². The molecule has 0 aliphatic heterocycles. The fourth-order valence-corrected chi connectivity index (χ4v) is 0.340. The summed E-state index contributed by atoms with van der Waals surface area (Å²) in [6.07, 6.45) is 10.0. The third kappa shape index (κ3) is 12.0. The van der Waals surface area contributed by atoms with E-state index in [-0.39, 0.29) is 18.6 Å². The van der Waals surface area contributed by atoms with Gasteiger partial charge in [-0.15, -0.1) is 6.42 Å². The van der Waals surface area contributed by atoms with Gasteiger partial charge in [-0.05, 0) is 0 Å². The molecule has 1 rings (SSSR count).